The molecule has 0 fully saturated rings. The number of amides is 4. The minimum atomic E-state index is -1.51. The van der Waals surface area contributed by atoms with Crippen LogP contribution in [0, 0.1) is 11.8 Å². The van der Waals surface area contributed by atoms with Crippen LogP contribution in [-0.2, 0) is 33.6 Å². The van der Waals surface area contributed by atoms with Gasteiger partial charge < -0.3 is 48.1 Å². The van der Waals surface area contributed by atoms with E-state index in [1.165, 1.54) is 0 Å². The van der Waals surface area contributed by atoms with Crippen molar-refractivity contribution in [3.05, 3.63) is 0 Å². The van der Waals surface area contributed by atoms with Crippen LogP contribution in [0.25, 0.3) is 0 Å². The molecule has 0 spiro atoms. The molecular formula is C26H46N6O10. The van der Waals surface area contributed by atoms with E-state index < -0.39 is 103 Å². The summed E-state index contributed by atoms with van der Waals surface area (Å²) in [7, 11) is 0. The second kappa shape index (κ2) is 19.4. The van der Waals surface area contributed by atoms with Gasteiger partial charge in [-0.15, -0.1) is 0 Å². The predicted octanol–water partition coefficient (Wildman–Crippen LogP) is -1.49. The summed E-state index contributed by atoms with van der Waals surface area (Å²) in [5.41, 5.74) is 11.3. The number of hydrogen-bond acceptors (Lipinski definition) is 9. The van der Waals surface area contributed by atoms with Gasteiger partial charge in [-0.25, -0.2) is 4.79 Å². The number of hydrogen-bond donors (Lipinski definition) is 9. The monoisotopic (exact) mass is 602 g/mol. The number of aliphatic carboxylic acids is 3. The summed E-state index contributed by atoms with van der Waals surface area (Å²) in [6.07, 6.45) is -1.00. The van der Waals surface area contributed by atoms with E-state index >= 15 is 0 Å². The van der Waals surface area contributed by atoms with Gasteiger partial charge in [0.15, 0.2) is 0 Å². The van der Waals surface area contributed by atoms with E-state index in [0.717, 1.165) is 0 Å². The summed E-state index contributed by atoms with van der Waals surface area (Å²) in [5.74, 6) is -7.98. The second-order valence-electron chi connectivity index (χ2n) is 10.7. The van der Waals surface area contributed by atoms with Gasteiger partial charge in [0.2, 0.25) is 23.6 Å². The molecule has 16 nitrogen and oxygen atoms in total. The van der Waals surface area contributed by atoms with Gasteiger partial charge in [0.1, 0.15) is 24.2 Å². The molecule has 42 heavy (non-hydrogen) atoms. The van der Waals surface area contributed by atoms with E-state index in [-0.39, 0.29) is 12.3 Å². The summed E-state index contributed by atoms with van der Waals surface area (Å²) in [4.78, 5) is 85.8. The highest BCUT2D eigenvalue weighted by Gasteiger charge is 2.33. The molecule has 240 valence electrons. The van der Waals surface area contributed by atoms with Gasteiger partial charge in [0.25, 0.3) is 0 Å². The van der Waals surface area contributed by atoms with Gasteiger partial charge >= 0.3 is 17.9 Å². The molecule has 0 rings (SSSR count). The summed E-state index contributed by atoms with van der Waals surface area (Å²) in [6, 6.07) is -6.39. The first-order valence-corrected chi connectivity index (χ1v) is 13.8. The van der Waals surface area contributed by atoms with Crippen molar-refractivity contribution in [2.75, 3.05) is 6.54 Å². The molecule has 5 atom stereocenters. The zero-order valence-electron chi connectivity index (χ0n) is 24.6. The third-order valence-electron chi connectivity index (χ3n) is 6.39. The fraction of sp³-hybridized carbons (Fsp3) is 0.731. The van der Waals surface area contributed by atoms with Crippen LogP contribution in [0.2, 0.25) is 0 Å². The number of carbonyl (C=O) groups is 7. The Morgan fingerprint density at radius 3 is 1.43 bits per heavy atom. The first kappa shape index (κ1) is 38.2. The molecule has 0 unspecified atom stereocenters. The molecule has 0 aliphatic rings. The van der Waals surface area contributed by atoms with Crippen LogP contribution in [-0.4, -0.2) is 93.6 Å². The molecule has 0 aromatic rings. The molecule has 0 aliphatic carbocycles. The van der Waals surface area contributed by atoms with Crippen molar-refractivity contribution in [1.82, 2.24) is 21.3 Å². The Bertz CT molecular complexity index is 958. The maximum absolute atomic E-state index is 13.2. The summed E-state index contributed by atoms with van der Waals surface area (Å²) >= 11 is 0. The van der Waals surface area contributed by atoms with Gasteiger partial charge in [-0.05, 0) is 50.5 Å². The van der Waals surface area contributed by atoms with E-state index in [9.17, 15) is 38.7 Å². The number of carboxylic acids is 3. The number of carbonyl (C=O) groups excluding carboxylic acids is 4. The third-order valence-corrected chi connectivity index (χ3v) is 6.39. The summed E-state index contributed by atoms with van der Waals surface area (Å²) < 4.78 is 0. The normalized spacial score (nSPS) is 14.7. The summed E-state index contributed by atoms with van der Waals surface area (Å²) in [5, 5.41) is 37.3. The van der Waals surface area contributed by atoms with Gasteiger partial charge in [0.05, 0.1) is 6.04 Å². The Labute approximate surface area is 244 Å². The standard InChI is InChI=1S/C26H46N6O10/c1-13(2)20(28)24(39)32-21(14(3)4)25(40)30-16(9-11-19(35)36)22(37)29-15(8-10-18(33)34)23(38)31-17(26(41)42)7-5-6-12-27/h13-17,20-21H,5-12,27-28H2,1-4H3,(H,29,37)(H,30,40)(H,31,38)(H,32,39)(H,33,34)(H,35,36)(H,41,42)/t15-,16-,17-,20-,21-/m0/s1. The van der Waals surface area contributed by atoms with Gasteiger partial charge in [-0.3, -0.25) is 28.8 Å². The lowest BCUT2D eigenvalue weighted by atomic mass is 9.99. The fourth-order valence-electron chi connectivity index (χ4n) is 3.72. The average molecular weight is 603 g/mol. The van der Waals surface area contributed by atoms with Crippen LogP contribution >= 0.6 is 0 Å². The Hall–Kier alpha value is -3.79. The van der Waals surface area contributed by atoms with Crippen molar-refractivity contribution in [3.63, 3.8) is 0 Å². The average Bonchev–Trinajstić information content (AvgIpc) is 2.89. The molecule has 0 aliphatic heterocycles. The van der Waals surface area contributed by atoms with Crippen LogP contribution in [0.4, 0.5) is 0 Å². The molecule has 4 amide bonds. The largest absolute Gasteiger partial charge is 0.481 e. The van der Waals surface area contributed by atoms with Crippen molar-refractivity contribution < 1.29 is 48.9 Å². The van der Waals surface area contributed by atoms with Crippen LogP contribution in [0.3, 0.4) is 0 Å². The van der Waals surface area contributed by atoms with E-state index in [4.69, 9.17) is 21.7 Å². The molecule has 11 N–H and O–H groups in total. The van der Waals surface area contributed by atoms with E-state index in [2.05, 4.69) is 21.3 Å². The van der Waals surface area contributed by atoms with Crippen LogP contribution in [0.1, 0.15) is 72.6 Å². The lowest BCUT2D eigenvalue weighted by Gasteiger charge is -2.28. The Morgan fingerprint density at radius 1 is 0.595 bits per heavy atom. The molecule has 16 heteroatoms. The highest BCUT2D eigenvalue weighted by Crippen LogP contribution is 2.09. The lowest BCUT2D eigenvalue weighted by molar-refractivity contribution is -0.143. The van der Waals surface area contributed by atoms with E-state index in [1.807, 2.05) is 0 Å². The third kappa shape index (κ3) is 14.7. The Kier molecular flexibility index (Phi) is 17.6. The zero-order valence-corrected chi connectivity index (χ0v) is 24.6. The van der Waals surface area contributed by atoms with Gasteiger partial charge in [-0.2, -0.15) is 0 Å². The van der Waals surface area contributed by atoms with Gasteiger partial charge in [0, 0.05) is 12.8 Å². The Balaban J connectivity index is 5.92. The second-order valence-corrected chi connectivity index (χ2v) is 10.7. The molecule has 0 heterocycles. The van der Waals surface area contributed by atoms with Crippen molar-refractivity contribution in [2.45, 2.75) is 103 Å². The zero-order chi connectivity index (χ0) is 32.6. The maximum Gasteiger partial charge on any atom is 0.326 e. The first-order valence-electron chi connectivity index (χ1n) is 13.8. The van der Waals surface area contributed by atoms with Crippen molar-refractivity contribution in [1.29, 1.82) is 0 Å². The molecule has 0 bridgehead atoms. The van der Waals surface area contributed by atoms with Crippen LogP contribution in [0.5, 0.6) is 0 Å². The molecule has 0 saturated heterocycles. The maximum atomic E-state index is 13.2. The van der Waals surface area contributed by atoms with Crippen molar-refractivity contribution in [2.24, 2.45) is 23.3 Å². The lowest BCUT2D eigenvalue weighted by Crippen LogP contribution is -2.59. The predicted molar refractivity (Wildman–Crippen MR) is 150 cm³/mol. The molecule has 0 aromatic heterocycles. The quantitative estimate of drug-likeness (QED) is 0.0679. The van der Waals surface area contributed by atoms with Crippen LogP contribution < -0.4 is 32.7 Å². The fourth-order valence-corrected chi connectivity index (χ4v) is 3.72. The molecule has 0 saturated carbocycles. The van der Waals surface area contributed by atoms with E-state index in [1.54, 1.807) is 27.7 Å². The highest BCUT2D eigenvalue weighted by atomic mass is 16.4. The van der Waals surface area contributed by atoms with Crippen molar-refractivity contribution in [3.8, 4) is 0 Å². The topological polar surface area (TPSA) is 280 Å². The number of unbranched alkanes of at least 4 members (excludes halogenated alkanes) is 1. The minimum Gasteiger partial charge on any atom is -0.481 e. The molecular weight excluding hydrogens is 556 g/mol. The van der Waals surface area contributed by atoms with Crippen molar-refractivity contribution >= 4 is 41.5 Å². The number of nitrogens with one attached hydrogen (secondary N) is 4. The first-order chi connectivity index (χ1) is 19.5. The highest BCUT2D eigenvalue weighted by molar-refractivity contribution is 5.95. The Morgan fingerprint density at radius 2 is 1.05 bits per heavy atom. The molecule has 0 radical (unpaired) electrons. The summed E-state index contributed by atoms with van der Waals surface area (Å²) in [6.45, 7) is 7.02. The van der Waals surface area contributed by atoms with Gasteiger partial charge in [-0.1, -0.05) is 27.7 Å². The minimum absolute atomic E-state index is 0.0396. The van der Waals surface area contributed by atoms with E-state index in [0.29, 0.717) is 19.4 Å². The molecule has 0 aromatic carbocycles. The SMILES string of the molecule is CC(C)[C@H](N)C(=O)N[C@H](C(=O)N[C@@H](CCC(=O)O)C(=O)N[C@@H](CCC(=O)O)C(=O)N[C@@H](CCCCN)C(=O)O)C(C)C. The number of nitrogens with two attached hydrogens (primary N) is 2. The smallest absolute Gasteiger partial charge is 0.326 e. The van der Waals surface area contributed by atoms with Crippen LogP contribution in [0.15, 0.2) is 0 Å². The number of carboxylic acid groups (broad SMARTS) is 3. The number of rotatable bonds is 21.